The molecule has 26 heavy (non-hydrogen) atoms. The van der Waals surface area contributed by atoms with Crippen LogP contribution in [0, 0.1) is 0 Å². The van der Waals surface area contributed by atoms with Crippen molar-refractivity contribution in [3.63, 3.8) is 0 Å². The van der Waals surface area contributed by atoms with Crippen molar-refractivity contribution in [3.05, 3.63) is 53.3 Å². The Balaban J connectivity index is 1.92. The van der Waals surface area contributed by atoms with Crippen LogP contribution in [0.2, 0.25) is 0 Å². The van der Waals surface area contributed by atoms with Gasteiger partial charge in [-0.25, -0.2) is 13.2 Å². The van der Waals surface area contributed by atoms with E-state index in [0.29, 0.717) is 19.6 Å². The van der Waals surface area contributed by atoms with Gasteiger partial charge in [-0.3, -0.25) is 0 Å². The second-order valence-electron chi connectivity index (χ2n) is 6.04. The van der Waals surface area contributed by atoms with Crippen LogP contribution < -0.4 is 5.32 Å². The summed E-state index contributed by atoms with van der Waals surface area (Å²) in [6.07, 6.45) is 0.925. The third-order valence-electron chi connectivity index (χ3n) is 4.50. The number of benzene rings is 1. The van der Waals surface area contributed by atoms with Gasteiger partial charge < -0.3 is 14.5 Å². The van der Waals surface area contributed by atoms with Crippen molar-refractivity contribution in [2.45, 2.75) is 24.5 Å². The van der Waals surface area contributed by atoms with Gasteiger partial charge in [0.2, 0.25) is 10.9 Å². The molecule has 1 fully saturated rings. The number of carbonyl (C=O) groups is 1. The average molecular weight is 378 g/mol. The lowest BCUT2D eigenvalue weighted by molar-refractivity contribution is 0.0558. The van der Waals surface area contributed by atoms with E-state index in [9.17, 15) is 13.2 Å². The highest BCUT2D eigenvalue weighted by Gasteiger charge is 2.36. The van der Waals surface area contributed by atoms with Crippen molar-refractivity contribution < 1.29 is 22.4 Å². The normalized spacial score (nSPS) is 18.6. The molecule has 1 aliphatic rings. The fourth-order valence-electron chi connectivity index (χ4n) is 3.02. The van der Waals surface area contributed by atoms with Gasteiger partial charge in [-0.05, 0) is 29.7 Å². The Morgan fingerprint density at radius 2 is 2.00 bits per heavy atom. The predicted octanol–water partition coefficient (Wildman–Crippen LogP) is 1.96. The molecular formula is C18H22N2O5S. The topological polar surface area (TPSA) is 88.9 Å². The standard InChI is InChI=1S/C18H22N2O5S/c1-3-13-4-6-14(7-5-13)15-12-19-10-11-20(15)26(22,23)17-9-8-16(25-17)18(21)24-2/h4-9,15,19H,3,10-12H2,1-2H3. The summed E-state index contributed by atoms with van der Waals surface area (Å²) >= 11 is 0. The Morgan fingerprint density at radius 3 is 2.65 bits per heavy atom. The molecule has 1 aromatic carbocycles. The van der Waals surface area contributed by atoms with E-state index in [-0.39, 0.29) is 16.9 Å². The van der Waals surface area contributed by atoms with Crippen LogP contribution in [0.5, 0.6) is 0 Å². The van der Waals surface area contributed by atoms with Gasteiger partial charge in [0.25, 0.3) is 10.0 Å². The van der Waals surface area contributed by atoms with Crippen molar-refractivity contribution in [3.8, 4) is 0 Å². The van der Waals surface area contributed by atoms with E-state index in [0.717, 1.165) is 12.0 Å². The Bertz CT molecular complexity index is 873. The highest BCUT2D eigenvalue weighted by atomic mass is 32.2. The number of nitrogens with one attached hydrogen (secondary N) is 1. The van der Waals surface area contributed by atoms with Crippen LogP contribution in [0.15, 0.2) is 45.9 Å². The minimum Gasteiger partial charge on any atom is -0.463 e. The number of rotatable bonds is 5. The minimum atomic E-state index is -3.88. The third kappa shape index (κ3) is 3.53. The Labute approximate surface area is 153 Å². The number of nitrogens with zero attached hydrogens (tertiary/aromatic N) is 1. The van der Waals surface area contributed by atoms with Gasteiger partial charge in [-0.2, -0.15) is 4.31 Å². The van der Waals surface area contributed by atoms with E-state index >= 15 is 0 Å². The van der Waals surface area contributed by atoms with Crippen molar-refractivity contribution in [1.29, 1.82) is 0 Å². The maximum atomic E-state index is 13.1. The summed E-state index contributed by atoms with van der Waals surface area (Å²) in [5.41, 5.74) is 2.11. The number of hydrogen-bond donors (Lipinski definition) is 1. The molecule has 1 saturated heterocycles. The Morgan fingerprint density at radius 1 is 1.27 bits per heavy atom. The SMILES string of the molecule is CCc1ccc(C2CNCCN2S(=O)(=O)c2ccc(C(=O)OC)o2)cc1. The van der Waals surface area contributed by atoms with Gasteiger partial charge in [-0.15, -0.1) is 0 Å². The molecule has 2 heterocycles. The van der Waals surface area contributed by atoms with Crippen LogP contribution in [0.25, 0.3) is 0 Å². The summed E-state index contributed by atoms with van der Waals surface area (Å²) in [5, 5.41) is 2.98. The fourth-order valence-corrected chi connectivity index (χ4v) is 4.55. The van der Waals surface area contributed by atoms with Crippen LogP contribution in [0.4, 0.5) is 0 Å². The predicted molar refractivity (Wildman–Crippen MR) is 95.4 cm³/mol. The first-order valence-electron chi connectivity index (χ1n) is 8.47. The molecule has 7 nitrogen and oxygen atoms in total. The summed E-state index contributed by atoms with van der Waals surface area (Å²) in [6, 6.07) is 10.2. The van der Waals surface area contributed by atoms with Gasteiger partial charge >= 0.3 is 5.97 Å². The van der Waals surface area contributed by atoms with E-state index in [1.165, 1.54) is 29.1 Å². The number of sulfonamides is 1. The number of piperazine rings is 1. The zero-order chi connectivity index (χ0) is 18.7. The molecule has 1 aliphatic heterocycles. The molecule has 8 heteroatoms. The highest BCUT2D eigenvalue weighted by Crippen LogP contribution is 2.30. The van der Waals surface area contributed by atoms with E-state index in [1.807, 2.05) is 24.3 Å². The van der Waals surface area contributed by atoms with Crippen molar-refractivity contribution in [2.75, 3.05) is 26.7 Å². The maximum Gasteiger partial charge on any atom is 0.374 e. The second-order valence-corrected chi connectivity index (χ2v) is 7.86. The summed E-state index contributed by atoms with van der Waals surface area (Å²) in [6.45, 7) is 3.45. The summed E-state index contributed by atoms with van der Waals surface area (Å²) in [7, 11) is -2.66. The van der Waals surface area contributed by atoms with Crippen LogP contribution in [0.3, 0.4) is 0 Å². The molecule has 0 spiro atoms. The fraction of sp³-hybridized carbons (Fsp3) is 0.389. The van der Waals surface area contributed by atoms with Gasteiger partial charge in [0, 0.05) is 19.6 Å². The zero-order valence-corrected chi connectivity index (χ0v) is 15.6. The summed E-state index contributed by atoms with van der Waals surface area (Å²) in [5.74, 6) is -0.844. The van der Waals surface area contributed by atoms with Crippen LogP contribution >= 0.6 is 0 Å². The van der Waals surface area contributed by atoms with Gasteiger partial charge in [0.1, 0.15) is 0 Å². The lowest BCUT2D eigenvalue weighted by Gasteiger charge is -2.34. The zero-order valence-electron chi connectivity index (χ0n) is 14.8. The van der Waals surface area contributed by atoms with Crippen molar-refractivity contribution in [1.82, 2.24) is 9.62 Å². The number of esters is 1. The molecule has 1 N–H and O–H groups in total. The van der Waals surface area contributed by atoms with Crippen molar-refractivity contribution in [2.24, 2.45) is 0 Å². The first-order chi connectivity index (χ1) is 12.5. The molecule has 2 aromatic rings. The number of furan rings is 1. The molecule has 1 unspecified atom stereocenters. The molecule has 0 saturated carbocycles. The van der Waals surface area contributed by atoms with Gasteiger partial charge in [0.05, 0.1) is 13.2 Å². The van der Waals surface area contributed by atoms with Gasteiger partial charge in [0.15, 0.2) is 0 Å². The molecular weight excluding hydrogens is 356 g/mol. The summed E-state index contributed by atoms with van der Waals surface area (Å²) < 4.78 is 37.4. The molecule has 0 bridgehead atoms. The van der Waals surface area contributed by atoms with E-state index < -0.39 is 16.0 Å². The lowest BCUT2D eigenvalue weighted by atomic mass is 10.0. The molecule has 1 aromatic heterocycles. The summed E-state index contributed by atoms with van der Waals surface area (Å²) in [4.78, 5) is 11.5. The third-order valence-corrected chi connectivity index (χ3v) is 6.28. The van der Waals surface area contributed by atoms with E-state index in [4.69, 9.17) is 4.42 Å². The maximum absolute atomic E-state index is 13.1. The first kappa shape index (κ1) is 18.6. The van der Waals surface area contributed by atoms with Crippen LogP contribution in [0.1, 0.15) is 34.6 Å². The smallest absolute Gasteiger partial charge is 0.374 e. The number of ether oxygens (including phenoxy) is 1. The lowest BCUT2D eigenvalue weighted by Crippen LogP contribution is -2.48. The number of hydrogen-bond acceptors (Lipinski definition) is 6. The number of methoxy groups -OCH3 is 1. The average Bonchev–Trinajstić information content (AvgIpc) is 3.18. The van der Waals surface area contributed by atoms with Crippen LogP contribution in [-0.4, -0.2) is 45.4 Å². The second kappa shape index (κ2) is 7.61. The van der Waals surface area contributed by atoms with E-state index in [2.05, 4.69) is 17.0 Å². The molecule has 3 rings (SSSR count). The van der Waals surface area contributed by atoms with Gasteiger partial charge in [-0.1, -0.05) is 31.2 Å². The number of aryl methyl sites for hydroxylation is 1. The Hall–Kier alpha value is -2.16. The minimum absolute atomic E-state index is 0.134. The molecule has 1 atom stereocenters. The van der Waals surface area contributed by atoms with Crippen LogP contribution in [-0.2, 0) is 21.2 Å². The highest BCUT2D eigenvalue weighted by molar-refractivity contribution is 7.89. The molecule has 0 aliphatic carbocycles. The molecule has 0 amide bonds. The largest absolute Gasteiger partial charge is 0.463 e. The van der Waals surface area contributed by atoms with E-state index in [1.54, 1.807) is 0 Å². The first-order valence-corrected chi connectivity index (χ1v) is 9.91. The molecule has 0 radical (unpaired) electrons. The Kier molecular flexibility index (Phi) is 5.45. The number of carbonyl (C=O) groups excluding carboxylic acids is 1. The monoisotopic (exact) mass is 378 g/mol. The molecule has 140 valence electrons. The van der Waals surface area contributed by atoms with Crippen molar-refractivity contribution >= 4 is 16.0 Å². The quantitative estimate of drug-likeness (QED) is 0.800.